The molecule has 9 heteroatoms. The zero-order valence-corrected chi connectivity index (χ0v) is 9.39. The molecule has 98 valence electrons. The van der Waals surface area contributed by atoms with Gasteiger partial charge in [-0.2, -0.15) is 5.43 Å². The van der Waals surface area contributed by atoms with Crippen LogP contribution in [0.2, 0.25) is 0 Å². The average molecular weight is 264 g/mol. The van der Waals surface area contributed by atoms with Gasteiger partial charge < -0.3 is 15.2 Å². The van der Waals surface area contributed by atoms with E-state index < -0.39 is 16.7 Å². The molecule has 0 aromatic heterocycles. The lowest BCUT2D eigenvalue weighted by Gasteiger charge is -1.97. The lowest BCUT2D eigenvalue weighted by molar-refractivity contribution is -0.348. The molecule has 0 spiro atoms. The highest BCUT2D eigenvalue weighted by molar-refractivity contribution is 5.88. The number of nitro groups is 1. The predicted octanol–water partition coefficient (Wildman–Crippen LogP) is 1.67. The molecule has 0 bridgehead atoms. The molecule has 1 aromatic rings. The number of amidine groups is 1. The van der Waals surface area contributed by atoms with Crippen LogP contribution in [0.5, 0.6) is 0 Å². The Morgan fingerprint density at radius 1 is 1.37 bits per heavy atom. The first-order valence-electron chi connectivity index (χ1n) is 4.85. The molecule has 0 atom stereocenters. The minimum absolute atomic E-state index is 0.0779. The molecule has 2 N–H and O–H groups in total. The van der Waals surface area contributed by atoms with Crippen molar-refractivity contribution >= 4 is 17.5 Å². The van der Waals surface area contributed by atoms with Crippen LogP contribution in [0.25, 0.3) is 0 Å². The molecule has 0 heterocycles. The molecule has 0 aliphatic rings. The van der Waals surface area contributed by atoms with Gasteiger partial charge in [0.2, 0.25) is 0 Å². The maximum Gasteiger partial charge on any atom is 0.389 e. The quantitative estimate of drug-likeness (QED) is 0.273. The smallest absolute Gasteiger partial charge is 0.389 e. The van der Waals surface area contributed by atoms with Crippen LogP contribution < -0.4 is 5.43 Å². The van der Waals surface area contributed by atoms with Crippen LogP contribution in [0.3, 0.4) is 0 Å². The number of nitrogens with one attached hydrogen (secondary N) is 1. The molecule has 0 saturated carbocycles. The number of aromatic carboxylic acids is 1. The van der Waals surface area contributed by atoms with E-state index in [1.807, 2.05) is 0 Å². The fraction of sp³-hybridized carbons (Fsp3) is 0. The van der Waals surface area contributed by atoms with E-state index in [9.17, 15) is 19.8 Å². The Morgan fingerprint density at radius 3 is 2.47 bits per heavy atom. The third-order valence-electron chi connectivity index (χ3n) is 1.90. The van der Waals surface area contributed by atoms with Crippen molar-refractivity contribution in [2.24, 2.45) is 10.3 Å². The maximum atomic E-state index is 10.6. The van der Waals surface area contributed by atoms with Gasteiger partial charge in [-0.1, -0.05) is 0 Å². The molecular formula is C10H8N4O5. The van der Waals surface area contributed by atoms with Crippen molar-refractivity contribution in [3.8, 4) is 0 Å². The number of rotatable bonds is 5. The Kier molecular flexibility index (Phi) is 4.84. The van der Waals surface area contributed by atoms with Crippen molar-refractivity contribution in [1.29, 1.82) is 0 Å². The SMILES string of the molecule is O=NC=CC(=NNc1ccc(C(=O)O)cc1)[N+](=O)[O-]. The summed E-state index contributed by atoms with van der Waals surface area (Å²) in [4.78, 5) is 30.1. The summed E-state index contributed by atoms with van der Waals surface area (Å²) >= 11 is 0. The van der Waals surface area contributed by atoms with Crippen molar-refractivity contribution in [3.63, 3.8) is 0 Å². The lowest BCUT2D eigenvalue weighted by atomic mass is 10.2. The van der Waals surface area contributed by atoms with Gasteiger partial charge in [-0.05, 0) is 34.4 Å². The average Bonchev–Trinajstić information content (AvgIpc) is 2.39. The molecule has 1 aromatic carbocycles. The van der Waals surface area contributed by atoms with Crippen LogP contribution >= 0.6 is 0 Å². The van der Waals surface area contributed by atoms with Gasteiger partial charge in [0.15, 0.2) is 0 Å². The highest BCUT2D eigenvalue weighted by atomic mass is 16.6. The third-order valence-corrected chi connectivity index (χ3v) is 1.90. The summed E-state index contributed by atoms with van der Waals surface area (Å²) in [5.41, 5.74) is 2.80. The van der Waals surface area contributed by atoms with E-state index in [-0.39, 0.29) is 5.56 Å². The Hall–Kier alpha value is -3.10. The zero-order valence-electron chi connectivity index (χ0n) is 9.39. The van der Waals surface area contributed by atoms with Crippen LogP contribution in [0.4, 0.5) is 5.69 Å². The molecule has 0 aliphatic heterocycles. The molecule has 0 unspecified atom stereocenters. The van der Waals surface area contributed by atoms with Gasteiger partial charge in [-0.15, -0.1) is 4.91 Å². The number of carboxylic acid groups (broad SMARTS) is 1. The van der Waals surface area contributed by atoms with Gasteiger partial charge in [0, 0.05) is 0 Å². The second-order valence-corrected chi connectivity index (χ2v) is 3.14. The Labute approximate surface area is 106 Å². The van der Waals surface area contributed by atoms with Crippen molar-refractivity contribution in [2.75, 3.05) is 5.43 Å². The normalized spacial score (nSPS) is 11.3. The van der Waals surface area contributed by atoms with Crippen molar-refractivity contribution in [2.45, 2.75) is 0 Å². The van der Waals surface area contributed by atoms with Crippen molar-refractivity contribution in [3.05, 3.63) is 57.1 Å². The van der Waals surface area contributed by atoms with Gasteiger partial charge in [-0.3, -0.25) is 0 Å². The topological polar surface area (TPSA) is 134 Å². The Morgan fingerprint density at radius 2 is 2.00 bits per heavy atom. The second-order valence-electron chi connectivity index (χ2n) is 3.14. The van der Waals surface area contributed by atoms with E-state index in [0.29, 0.717) is 11.9 Å². The molecule has 0 saturated heterocycles. The minimum Gasteiger partial charge on any atom is -0.478 e. The fourth-order valence-corrected chi connectivity index (χ4v) is 1.05. The van der Waals surface area contributed by atoms with Crippen LogP contribution in [-0.2, 0) is 0 Å². The van der Waals surface area contributed by atoms with Gasteiger partial charge >= 0.3 is 11.8 Å². The molecular weight excluding hydrogens is 256 g/mol. The molecule has 0 fully saturated rings. The number of hydrogen-bond donors (Lipinski definition) is 2. The molecule has 0 amide bonds. The van der Waals surface area contributed by atoms with E-state index in [1.54, 1.807) is 0 Å². The van der Waals surface area contributed by atoms with Gasteiger partial charge in [0.1, 0.15) is 0 Å². The van der Waals surface area contributed by atoms with Crippen LogP contribution in [-0.4, -0.2) is 21.8 Å². The van der Waals surface area contributed by atoms with Crippen LogP contribution in [0.1, 0.15) is 10.4 Å². The molecule has 19 heavy (non-hydrogen) atoms. The van der Waals surface area contributed by atoms with E-state index in [1.165, 1.54) is 24.3 Å². The van der Waals surface area contributed by atoms with Crippen molar-refractivity contribution < 1.29 is 14.8 Å². The number of anilines is 1. The van der Waals surface area contributed by atoms with Crippen LogP contribution in [0.15, 0.2) is 46.8 Å². The molecule has 0 aliphatic carbocycles. The number of hydrogen-bond acceptors (Lipinski definition) is 7. The van der Waals surface area contributed by atoms with E-state index >= 15 is 0 Å². The maximum absolute atomic E-state index is 10.6. The van der Waals surface area contributed by atoms with E-state index in [2.05, 4.69) is 15.7 Å². The predicted molar refractivity (Wildman–Crippen MR) is 66.4 cm³/mol. The third kappa shape index (κ3) is 4.34. The zero-order chi connectivity index (χ0) is 14.3. The van der Waals surface area contributed by atoms with Gasteiger partial charge in [-0.25, -0.2) is 4.79 Å². The number of nitroso groups, excluding NO2 is 1. The number of hydrazone groups is 1. The summed E-state index contributed by atoms with van der Waals surface area (Å²) in [5.74, 6) is -1.69. The van der Waals surface area contributed by atoms with E-state index in [0.717, 1.165) is 6.08 Å². The van der Waals surface area contributed by atoms with E-state index in [4.69, 9.17) is 5.11 Å². The minimum atomic E-state index is -1.08. The largest absolute Gasteiger partial charge is 0.478 e. The van der Waals surface area contributed by atoms with Gasteiger partial charge in [0.05, 0.1) is 28.6 Å². The van der Waals surface area contributed by atoms with Crippen LogP contribution in [0, 0.1) is 15.0 Å². The summed E-state index contributed by atoms with van der Waals surface area (Å²) in [6, 6.07) is 5.42. The highest BCUT2D eigenvalue weighted by Crippen LogP contribution is 2.09. The number of benzene rings is 1. The van der Waals surface area contributed by atoms with Crippen molar-refractivity contribution in [1.82, 2.24) is 0 Å². The summed E-state index contributed by atoms with van der Waals surface area (Å²) in [6.07, 6.45) is 1.52. The Balaban J connectivity index is 2.83. The molecule has 1 rings (SSSR count). The first kappa shape index (κ1) is 14.0. The fourth-order valence-electron chi connectivity index (χ4n) is 1.05. The summed E-state index contributed by atoms with van der Waals surface area (Å²) < 4.78 is 0. The molecule has 9 nitrogen and oxygen atoms in total. The lowest BCUT2D eigenvalue weighted by Crippen LogP contribution is -2.10. The van der Waals surface area contributed by atoms with Gasteiger partial charge in [0.25, 0.3) is 0 Å². The highest BCUT2D eigenvalue weighted by Gasteiger charge is 2.08. The number of carbonyl (C=O) groups is 1. The molecule has 0 radical (unpaired) electrons. The first-order chi connectivity index (χ1) is 9.04. The second kappa shape index (κ2) is 6.59. The summed E-state index contributed by atoms with van der Waals surface area (Å²) in [7, 11) is 0. The monoisotopic (exact) mass is 264 g/mol. The standard InChI is InChI=1S/C10H8N4O5/c15-10(16)7-1-3-8(4-2-7)12-13-9(14(18)19)5-6-11-17/h1-6,12H,(H,15,16). The number of nitrogens with zero attached hydrogens (tertiary/aromatic N) is 3. The summed E-state index contributed by atoms with van der Waals surface area (Å²) in [5, 5.41) is 25.0. The Bertz CT molecular complexity index is 550. The first-order valence-corrected chi connectivity index (χ1v) is 4.85. The number of carboxylic acids is 1. The summed E-state index contributed by atoms with van der Waals surface area (Å²) in [6.45, 7) is 0.